The highest BCUT2D eigenvalue weighted by Crippen LogP contribution is 2.29. The van der Waals surface area contributed by atoms with Crippen LogP contribution in [0.4, 0.5) is 0 Å². The zero-order valence-corrected chi connectivity index (χ0v) is 16.4. The van der Waals surface area contributed by atoms with Crippen LogP contribution in [-0.2, 0) is 22.4 Å². The van der Waals surface area contributed by atoms with Crippen LogP contribution >= 0.6 is 0 Å². The van der Waals surface area contributed by atoms with Gasteiger partial charge in [-0.2, -0.15) is 0 Å². The van der Waals surface area contributed by atoms with Gasteiger partial charge in [0, 0.05) is 24.2 Å². The molecule has 1 saturated heterocycles. The van der Waals surface area contributed by atoms with Crippen molar-refractivity contribution in [3.63, 3.8) is 0 Å². The standard InChI is InChI=1S/C23H28N2O3/c26-21(25-14-8-1-2-9-15-25)16-28-23(27)22-17-10-4-3-5-12-19(17)24-20-13-7-6-11-18(20)22/h6-7,11,13H,1-5,8-10,12,14-16H2. The number of hydrogen-bond donors (Lipinski definition) is 0. The molecule has 0 atom stereocenters. The molecule has 0 bridgehead atoms. The highest BCUT2D eigenvalue weighted by molar-refractivity contribution is 6.05. The zero-order chi connectivity index (χ0) is 19.3. The maximum Gasteiger partial charge on any atom is 0.339 e. The SMILES string of the molecule is O=C(OCC(=O)N1CCCCCC1)c1c2c(nc3ccccc13)CCCCC2. The van der Waals surface area contributed by atoms with E-state index < -0.39 is 0 Å². The lowest BCUT2D eigenvalue weighted by molar-refractivity contribution is -0.134. The first-order valence-corrected chi connectivity index (χ1v) is 10.6. The Labute approximate surface area is 166 Å². The predicted molar refractivity (Wildman–Crippen MR) is 108 cm³/mol. The van der Waals surface area contributed by atoms with Gasteiger partial charge in [0.05, 0.1) is 11.1 Å². The molecule has 2 aromatic rings. The molecule has 0 spiro atoms. The molecule has 1 aromatic carbocycles. The molecule has 148 valence electrons. The summed E-state index contributed by atoms with van der Waals surface area (Å²) in [7, 11) is 0. The summed E-state index contributed by atoms with van der Waals surface area (Å²) < 4.78 is 5.54. The Hall–Kier alpha value is -2.43. The van der Waals surface area contributed by atoms with Crippen molar-refractivity contribution < 1.29 is 14.3 Å². The van der Waals surface area contributed by atoms with Crippen molar-refractivity contribution in [2.75, 3.05) is 19.7 Å². The van der Waals surface area contributed by atoms with E-state index in [1.807, 2.05) is 29.2 Å². The number of para-hydroxylation sites is 1. The van der Waals surface area contributed by atoms with E-state index in [-0.39, 0.29) is 18.5 Å². The Morgan fingerprint density at radius 3 is 2.46 bits per heavy atom. The van der Waals surface area contributed by atoms with E-state index in [0.29, 0.717) is 5.56 Å². The normalized spacial score (nSPS) is 17.5. The number of pyridine rings is 1. The fourth-order valence-corrected chi connectivity index (χ4v) is 4.39. The Balaban J connectivity index is 1.58. The molecule has 5 nitrogen and oxygen atoms in total. The monoisotopic (exact) mass is 380 g/mol. The molecule has 4 rings (SSSR count). The Kier molecular flexibility index (Phi) is 5.89. The molecule has 1 aliphatic heterocycles. The fraction of sp³-hybridized carbons (Fsp3) is 0.522. The number of carbonyl (C=O) groups is 2. The summed E-state index contributed by atoms with van der Waals surface area (Å²) in [5.41, 5.74) is 3.48. The molecule has 0 saturated carbocycles. The van der Waals surface area contributed by atoms with Gasteiger partial charge in [-0.15, -0.1) is 0 Å². The Morgan fingerprint density at radius 1 is 0.929 bits per heavy atom. The molecule has 0 N–H and O–H groups in total. The number of carbonyl (C=O) groups excluding carboxylic acids is 2. The second-order valence-corrected chi connectivity index (χ2v) is 7.86. The number of esters is 1. The van der Waals surface area contributed by atoms with Crippen molar-refractivity contribution in [2.24, 2.45) is 0 Å². The van der Waals surface area contributed by atoms with Gasteiger partial charge < -0.3 is 9.64 Å². The van der Waals surface area contributed by atoms with Gasteiger partial charge in [0.25, 0.3) is 5.91 Å². The number of rotatable bonds is 3. The fourth-order valence-electron chi connectivity index (χ4n) is 4.39. The molecule has 5 heteroatoms. The molecule has 1 aliphatic carbocycles. The van der Waals surface area contributed by atoms with E-state index in [1.165, 1.54) is 12.8 Å². The highest BCUT2D eigenvalue weighted by Gasteiger charge is 2.24. The summed E-state index contributed by atoms with van der Waals surface area (Å²) in [6.07, 6.45) is 9.43. The lowest BCUT2D eigenvalue weighted by Gasteiger charge is -2.20. The molecule has 1 aromatic heterocycles. The Morgan fingerprint density at radius 2 is 1.64 bits per heavy atom. The van der Waals surface area contributed by atoms with Crippen LogP contribution in [0.15, 0.2) is 24.3 Å². The van der Waals surface area contributed by atoms with Crippen LogP contribution in [0, 0.1) is 0 Å². The largest absolute Gasteiger partial charge is 0.452 e. The third-order valence-corrected chi connectivity index (χ3v) is 5.91. The van der Waals surface area contributed by atoms with Crippen LogP contribution in [0.3, 0.4) is 0 Å². The third kappa shape index (κ3) is 4.03. The van der Waals surface area contributed by atoms with Crippen LogP contribution in [-0.4, -0.2) is 41.5 Å². The van der Waals surface area contributed by atoms with Crippen molar-refractivity contribution in [3.8, 4) is 0 Å². The topological polar surface area (TPSA) is 59.5 Å². The maximum absolute atomic E-state index is 13.1. The molecule has 2 heterocycles. The van der Waals surface area contributed by atoms with E-state index in [1.54, 1.807) is 0 Å². The van der Waals surface area contributed by atoms with E-state index in [2.05, 4.69) is 0 Å². The number of fused-ring (bicyclic) bond motifs is 2. The van der Waals surface area contributed by atoms with Gasteiger partial charge in [0.15, 0.2) is 6.61 Å². The molecular formula is C23H28N2O3. The zero-order valence-electron chi connectivity index (χ0n) is 16.4. The summed E-state index contributed by atoms with van der Waals surface area (Å²) >= 11 is 0. The number of hydrogen-bond acceptors (Lipinski definition) is 4. The molecule has 2 aliphatic rings. The van der Waals surface area contributed by atoms with E-state index in [9.17, 15) is 9.59 Å². The van der Waals surface area contributed by atoms with Crippen molar-refractivity contribution in [3.05, 3.63) is 41.1 Å². The summed E-state index contributed by atoms with van der Waals surface area (Å²) in [6, 6.07) is 7.74. The minimum absolute atomic E-state index is 0.0836. The Bertz CT molecular complexity index is 870. The van der Waals surface area contributed by atoms with Crippen LogP contribution in [0.1, 0.15) is 66.6 Å². The number of amides is 1. The molecular weight excluding hydrogens is 352 g/mol. The van der Waals surface area contributed by atoms with Gasteiger partial charge in [-0.3, -0.25) is 9.78 Å². The van der Waals surface area contributed by atoms with E-state index >= 15 is 0 Å². The predicted octanol–water partition coefficient (Wildman–Crippen LogP) is 4.06. The lowest BCUT2D eigenvalue weighted by Crippen LogP contribution is -2.35. The van der Waals surface area contributed by atoms with Gasteiger partial charge in [-0.1, -0.05) is 37.5 Å². The number of nitrogens with zero attached hydrogens (tertiary/aromatic N) is 2. The van der Waals surface area contributed by atoms with Gasteiger partial charge in [-0.05, 0) is 50.2 Å². The summed E-state index contributed by atoms with van der Waals surface area (Å²) in [4.78, 5) is 32.3. The molecule has 0 unspecified atom stereocenters. The van der Waals surface area contributed by atoms with Gasteiger partial charge in [0.2, 0.25) is 0 Å². The minimum atomic E-state index is -0.389. The number of likely N-dealkylation sites (tertiary alicyclic amines) is 1. The summed E-state index contributed by atoms with van der Waals surface area (Å²) in [5, 5.41) is 0.829. The van der Waals surface area contributed by atoms with Crippen molar-refractivity contribution in [1.82, 2.24) is 9.88 Å². The number of benzene rings is 1. The third-order valence-electron chi connectivity index (χ3n) is 5.91. The van der Waals surface area contributed by atoms with Crippen LogP contribution in [0.25, 0.3) is 10.9 Å². The van der Waals surface area contributed by atoms with Gasteiger partial charge in [0.1, 0.15) is 0 Å². The first-order valence-electron chi connectivity index (χ1n) is 10.6. The molecule has 0 radical (unpaired) electrons. The van der Waals surface area contributed by atoms with Crippen molar-refractivity contribution in [1.29, 1.82) is 0 Å². The van der Waals surface area contributed by atoms with Gasteiger partial charge in [-0.25, -0.2) is 4.79 Å². The molecule has 1 amide bonds. The van der Waals surface area contributed by atoms with Crippen LogP contribution < -0.4 is 0 Å². The summed E-state index contributed by atoms with van der Waals surface area (Å²) in [5.74, 6) is -0.473. The summed E-state index contributed by atoms with van der Waals surface area (Å²) in [6.45, 7) is 1.36. The maximum atomic E-state index is 13.1. The average Bonchev–Trinajstić information content (AvgIpc) is 3.13. The average molecular weight is 380 g/mol. The lowest BCUT2D eigenvalue weighted by atomic mass is 9.97. The number of aryl methyl sites for hydroxylation is 1. The second-order valence-electron chi connectivity index (χ2n) is 7.86. The van der Waals surface area contributed by atoms with Crippen molar-refractivity contribution >= 4 is 22.8 Å². The minimum Gasteiger partial charge on any atom is -0.452 e. The second kappa shape index (κ2) is 8.72. The van der Waals surface area contributed by atoms with Crippen LogP contribution in [0.2, 0.25) is 0 Å². The van der Waals surface area contributed by atoms with Gasteiger partial charge >= 0.3 is 5.97 Å². The number of aromatic nitrogens is 1. The smallest absolute Gasteiger partial charge is 0.339 e. The van der Waals surface area contributed by atoms with E-state index in [4.69, 9.17) is 9.72 Å². The molecule has 28 heavy (non-hydrogen) atoms. The first-order chi connectivity index (χ1) is 13.7. The quantitative estimate of drug-likeness (QED) is 0.595. The number of ether oxygens (including phenoxy) is 1. The van der Waals surface area contributed by atoms with Crippen molar-refractivity contribution in [2.45, 2.75) is 57.8 Å². The van der Waals surface area contributed by atoms with E-state index in [0.717, 1.165) is 80.2 Å². The molecule has 1 fully saturated rings. The van der Waals surface area contributed by atoms with Crippen LogP contribution in [0.5, 0.6) is 0 Å². The first kappa shape index (κ1) is 18.9. The highest BCUT2D eigenvalue weighted by atomic mass is 16.5.